The molecule has 0 saturated heterocycles. The van der Waals surface area contributed by atoms with E-state index in [0.29, 0.717) is 40.4 Å². The molecule has 0 bridgehead atoms. The summed E-state index contributed by atoms with van der Waals surface area (Å²) >= 11 is 11.8. The summed E-state index contributed by atoms with van der Waals surface area (Å²) in [4.78, 5) is 0. The van der Waals surface area contributed by atoms with Crippen LogP contribution in [0.2, 0.25) is 10.0 Å². The van der Waals surface area contributed by atoms with Gasteiger partial charge in [-0.1, -0.05) is 35.3 Å². The predicted octanol–water partition coefficient (Wildman–Crippen LogP) is 4.42. The van der Waals surface area contributed by atoms with E-state index in [1.165, 1.54) is 0 Å². The maximum absolute atomic E-state index is 5.98. The van der Waals surface area contributed by atoms with Crippen LogP contribution in [0.15, 0.2) is 42.5 Å². The average molecular weight is 312 g/mol. The zero-order valence-electron chi connectivity index (χ0n) is 10.8. The minimum Gasteiger partial charge on any atom is -0.493 e. The van der Waals surface area contributed by atoms with Gasteiger partial charge in [0.1, 0.15) is 11.5 Å². The lowest BCUT2D eigenvalue weighted by Crippen LogP contribution is -2.05. The molecule has 0 atom stereocenters. The Morgan fingerprint density at radius 1 is 0.900 bits per heavy atom. The lowest BCUT2D eigenvalue weighted by molar-refractivity contribution is 0.247. The lowest BCUT2D eigenvalue weighted by atomic mass is 10.3. The highest BCUT2D eigenvalue weighted by atomic mass is 35.5. The van der Waals surface area contributed by atoms with Gasteiger partial charge in [0.2, 0.25) is 0 Å². The Balaban J connectivity index is 1.71. The molecule has 2 aromatic carbocycles. The number of nitrogens with two attached hydrogens (primary N) is 1. The molecule has 0 aliphatic rings. The van der Waals surface area contributed by atoms with Crippen molar-refractivity contribution in [2.24, 2.45) is 0 Å². The summed E-state index contributed by atoms with van der Waals surface area (Å²) in [5.41, 5.74) is 6.20. The van der Waals surface area contributed by atoms with Gasteiger partial charge in [-0.15, -0.1) is 0 Å². The van der Waals surface area contributed by atoms with Crippen LogP contribution < -0.4 is 15.2 Å². The molecule has 2 rings (SSSR count). The van der Waals surface area contributed by atoms with Crippen molar-refractivity contribution in [1.82, 2.24) is 0 Å². The fourth-order valence-corrected chi connectivity index (χ4v) is 1.91. The highest BCUT2D eigenvalue weighted by Crippen LogP contribution is 2.24. The molecule has 0 radical (unpaired) electrons. The van der Waals surface area contributed by atoms with Gasteiger partial charge in [-0.2, -0.15) is 0 Å². The molecule has 3 nitrogen and oxygen atoms in total. The van der Waals surface area contributed by atoms with Crippen LogP contribution in [-0.2, 0) is 0 Å². The van der Waals surface area contributed by atoms with Crippen molar-refractivity contribution in [1.29, 1.82) is 0 Å². The molecule has 0 spiro atoms. The first-order valence-electron chi connectivity index (χ1n) is 6.22. The molecule has 106 valence electrons. The average Bonchev–Trinajstić information content (AvgIpc) is 2.44. The van der Waals surface area contributed by atoms with Gasteiger partial charge in [0, 0.05) is 12.5 Å². The van der Waals surface area contributed by atoms with Gasteiger partial charge < -0.3 is 15.2 Å². The number of ether oxygens (including phenoxy) is 2. The third kappa shape index (κ3) is 4.22. The van der Waals surface area contributed by atoms with E-state index in [0.717, 1.165) is 6.42 Å². The second-order valence-corrected chi connectivity index (χ2v) is 4.98. The largest absolute Gasteiger partial charge is 0.493 e. The number of rotatable bonds is 6. The zero-order chi connectivity index (χ0) is 14.4. The molecule has 0 unspecified atom stereocenters. The van der Waals surface area contributed by atoms with Crippen molar-refractivity contribution in [3.8, 4) is 11.5 Å². The topological polar surface area (TPSA) is 44.5 Å². The SMILES string of the molecule is Nc1cc(OCCCOc2ccccc2Cl)ccc1Cl. The first-order valence-corrected chi connectivity index (χ1v) is 6.97. The van der Waals surface area contributed by atoms with Crippen molar-refractivity contribution < 1.29 is 9.47 Å². The molecule has 0 aromatic heterocycles. The molecular weight excluding hydrogens is 297 g/mol. The van der Waals surface area contributed by atoms with Crippen molar-refractivity contribution in [2.45, 2.75) is 6.42 Å². The van der Waals surface area contributed by atoms with Crippen LogP contribution in [0.3, 0.4) is 0 Å². The molecule has 0 fully saturated rings. The molecule has 2 aromatic rings. The molecule has 0 aliphatic carbocycles. The second-order valence-electron chi connectivity index (χ2n) is 4.16. The summed E-state index contributed by atoms with van der Waals surface area (Å²) < 4.78 is 11.1. The van der Waals surface area contributed by atoms with E-state index in [-0.39, 0.29) is 0 Å². The molecular formula is C15H15Cl2NO2. The van der Waals surface area contributed by atoms with Crippen molar-refractivity contribution in [2.75, 3.05) is 18.9 Å². The van der Waals surface area contributed by atoms with Crippen LogP contribution in [0.25, 0.3) is 0 Å². The van der Waals surface area contributed by atoms with E-state index in [4.69, 9.17) is 38.4 Å². The monoisotopic (exact) mass is 311 g/mol. The predicted molar refractivity (Wildman–Crippen MR) is 82.9 cm³/mol. The highest BCUT2D eigenvalue weighted by molar-refractivity contribution is 6.33. The van der Waals surface area contributed by atoms with E-state index < -0.39 is 0 Å². The number of para-hydroxylation sites is 1. The molecule has 2 N–H and O–H groups in total. The van der Waals surface area contributed by atoms with Gasteiger partial charge in [0.05, 0.1) is 28.9 Å². The quantitative estimate of drug-likeness (QED) is 0.634. The Hall–Kier alpha value is -1.58. The maximum atomic E-state index is 5.98. The van der Waals surface area contributed by atoms with E-state index in [1.54, 1.807) is 24.3 Å². The smallest absolute Gasteiger partial charge is 0.137 e. The summed E-state index contributed by atoms with van der Waals surface area (Å²) in [6, 6.07) is 12.6. The van der Waals surface area contributed by atoms with Gasteiger partial charge in [0.25, 0.3) is 0 Å². The minimum absolute atomic E-state index is 0.511. The molecule has 0 saturated carbocycles. The van der Waals surface area contributed by atoms with Crippen molar-refractivity contribution in [3.05, 3.63) is 52.5 Å². The molecule has 0 heterocycles. The Kier molecular flexibility index (Phi) is 5.39. The number of nitrogen functional groups attached to an aromatic ring is 1. The number of hydrogen-bond acceptors (Lipinski definition) is 3. The number of halogens is 2. The van der Waals surface area contributed by atoms with Crippen LogP contribution in [-0.4, -0.2) is 13.2 Å². The lowest BCUT2D eigenvalue weighted by Gasteiger charge is -2.09. The number of hydrogen-bond donors (Lipinski definition) is 1. The first kappa shape index (κ1) is 14.8. The fraction of sp³-hybridized carbons (Fsp3) is 0.200. The van der Waals surface area contributed by atoms with E-state index >= 15 is 0 Å². The third-order valence-electron chi connectivity index (χ3n) is 2.62. The van der Waals surface area contributed by atoms with Crippen LogP contribution in [0, 0.1) is 0 Å². The Morgan fingerprint density at radius 2 is 1.65 bits per heavy atom. The molecule has 20 heavy (non-hydrogen) atoms. The molecule has 0 amide bonds. The standard InChI is InChI=1S/C15H15Cl2NO2/c16-12-7-6-11(10-14(12)18)19-8-3-9-20-15-5-2-1-4-13(15)17/h1-2,4-7,10H,3,8-9,18H2. The van der Waals surface area contributed by atoms with Gasteiger partial charge in [0.15, 0.2) is 0 Å². The minimum atomic E-state index is 0.511. The third-order valence-corrected chi connectivity index (χ3v) is 3.28. The van der Waals surface area contributed by atoms with Crippen LogP contribution >= 0.6 is 23.2 Å². The molecule has 0 aliphatic heterocycles. The van der Waals surface area contributed by atoms with E-state index in [1.807, 2.05) is 18.2 Å². The fourth-order valence-electron chi connectivity index (χ4n) is 1.60. The van der Waals surface area contributed by atoms with Gasteiger partial charge >= 0.3 is 0 Å². The normalized spacial score (nSPS) is 10.3. The molecule has 5 heteroatoms. The first-order chi connectivity index (χ1) is 9.66. The Bertz CT molecular complexity index is 576. The van der Waals surface area contributed by atoms with Crippen LogP contribution in [0.1, 0.15) is 6.42 Å². The second kappa shape index (κ2) is 7.27. The summed E-state index contributed by atoms with van der Waals surface area (Å²) in [5.74, 6) is 1.38. The maximum Gasteiger partial charge on any atom is 0.137 e. The van der Waals surface area contributed by atoms with Crippen molar-refractivity contribution in [3.63, 3.8) is 0 Å². The Morgan fingerprint density at radius 3 is 2.40 bits per heavy atom. The Labute approximate surface area is 128 Å². The van der Waals surface area contributed by atoms with E-state index in [9.17, 15) is 0 Å². The van der Waals surface area contributed by atoms with Gasteiger partial charge in [-0.25, -0.2) is 0 Å². The van der Waals surface area contributed by atoms with Crippen molar-refractivity contribution >= 4 is 28.9 Å². The van der Waals surface area contributed by atoms with Crippen LogP contribution in [0.5, 0.6) is 11.5 Å². The van der Waals surface area contributed by atoms with Gasteiger partial charge in [-0.05, 0) is 24.3 Å². The summed E-state index contributed by atoms with van der Waals surface area (Å²) in [7, 11) is 0. The summed E-state index contributed by atoms with van der Waals surface area (Å²) in [5, 5.41) is 1.14. The highest BCUT2D eigenvalue weighted by Gasteiger charge is 2.01. The van der Waals surface area contributed by atoms with Crippen LogP contribution in [0.4, 0.5) is 5.69 Å². The zero-order valence-corrected chi connectivity index (χ0v) is 12.3. The summed E-state index contributed by atoms with van der Waals surface area (Å²) in [6.07, 6.45) is 0.744. The van der Waals surface area contributed by atoms with E-state index in [2.05, 4.69) is 0 Å². The summed E-state index contributed by atoms with van der Waals surface area (Å²) in [6.45, 7) is 1.07. The number of anilines is 1. The number of benzene rings is 2. The van der Waals surface area contributed by atoms with Gasteiger partial charge in [-0.3, -0.25) is 0 Å².